The van der Waals surface area contributed by atoms with Crippen LogP contribution < -0.4 is 15.6 Å². The van der Waals surface area contributed by atoms with Crippen molar-refractivity contribution in [2.75, 3.05) is 5.43 Å². The fraction of sp³-hybridized carbons (Fsp3) is 0.231. The average Bonchev–Trinajstić information content (AvgIpc) is 3.01. The normalized spacial score (nSPS) is 12.8. The molecule has 2 aromatic rings. The highest BCUT2D eigenvalue weighted by molar-refractivity contribution is 5.72. The molecule has 1 aliphatic carbocycles. The topological polar surface area (TPSA) is 79.0 Å². The fourth-order valence-electron chi connectivity index (χ4n) is 2.15. The summed E-state index contributed by atoms with van der Waals surface area (Å²) in [4.78, 5) is 11.6. The zero-order valence-corrected chi connectivity index (χ0v) is 10.3. The van der Waals surface area contributed by atoms with Crippen LogP contribution in [0.1, 0.15) is 17.7 Å². The summed E-state index contributed by atoms with van der Waals surface area (Å²) in [5, 5.41) is 7.07. The lowest BCUT2D eigenvalue weighted by Gasteiger charge is -2.07. The van der Waals surface area contributed by atoms with E-state index in [1.54, 1.807) is 24.3 Å². The number of nitrogens with one attached hydrogen (secondary N) is 3. The number of H-pyrrole nitrogens is 1. The first-order valence-corrected chi connectivity index (χ1v) is 6.18. The molecule has 6 nitrogen and oxygen atoms in total. The molecule has 0 radical (unpaired) electrons. The standard InChI is InChI=1S/C13H14N4O2/c18-13(19-9-5-2-1-3-6-9)17-16-12-10-7-4-8-11(10)14-15-12/h1-3,5-6H,4,7-8H2,(H,17,18)(H2,14,15,16). The van der Waals surface area contributed by atoms with Gasteiger partial charge in [-0.1, -0.05) is 18.2 Å². The first-order valence-electron chi connectivity index (χ1n) is 6.18. The van der Waals surface area contributed by atoms with Gasteiger partial charge in [0, 0.05) is 11.3 Å². The van der Waals surface area contributed by atoms with Crippen molar-refractivity contribution in [3.05, 3.63) is 41.6 Å². The SMILES string of the molecule is O=C(NNc1n[nH]c2c1CCC2)Oc1ccccc1. The number of hydrazine groups is 1. The number of benzene rings is 1. The highest BCUT2D eigenvalue weighted by Gasteiger charge is 2.18. The number of anilines is 1. The summed E-state index contributed by atoms with van der Waals surface area (Å²) in [5.41, 5.74) is 7.53. The molecule has 0 bridgehead atoms. The molecule has 0 aliphatic heterocycles. The molecule has 1 aromatic heterocycles. The third-order valence-corrected chi connectivity index (χ3v) is 3.04. The molecule has 0 spiro atoms. The summed E-state index contributed by atoms with van der Waals surface area (Å²) in [6.07, 6.45) is 2.54. The maximum absolute atomic E-state index is 11.6. The van der Waals surface area contributed by atoms with Crippen LogP contribution in [0.15, 0.2) is 30.3 Å². The quantitative estimate of drug-likeness (QED) is 0.736. The van der Waals surface area contributed by atoms with Crippen LogP contribution in [-0.2, 0) is 12.8 Å². The number of amides is 1. The second kappa shape index (κ2) is 5.01. The predicted molar refractivity (Wildman–Crippen MR) is 69.8 cm³/mol. The zero-order chi connectivity index (χ0) is 13.1. The van der Waals surface area contributed by atoms with Crippen molar-refractivity contribution < 1.29 is 9.53 Å². The van der Waals surface area contributed by atoms with E-state index in [4.69, 9.17) is 4.74 Å². The Kier molecular flexibility index (Phi) is 3.06. The zero-order valence-electron chi connectivity index (χ0n) is 10.3. The highest BCUT2D eigenvalue weighted by atomic mass is 16.6. The third-order valence-electron chi connectivity index (χ3n) is 3.04. The molecule has 0 unspecified atom stereocenters. The molecule has 3 rings (SSSR count). The molecule has 0 saturated heterocycles. The smallest absolute Gasteiger partial charge is 0.409 e. The van der Waals surface area contributed by atoms with Gasteiger partial charge < -0.3 is 4.74 Å². The monoisotopic (exact) mass is 258 g/mol. The molecule has 1 aromatic carbocycles. The Labute approximate surface area is 110 Å². The van der Waals surface area contributed by atoms with Crippen molar-refractivity contribution >= 4 is 11.9 Å². The molecular formula is C13H14N4O2. The number of nitrogens with zero attached hydrogens (tertiary/aromatic N) is 1. The van der Waals surface area contributed by atoms with Crippen LogP contribution in [0.4, 0.5) is 10.6 Å². The first kappa shape index (κ1) is 11.6. The van der Waals surface area contributed by atoms with E-state index in [0.29, 0.717) is 11.6 Å². The summed E-state index contributed by atoms with van der Waals surface area (Å²) >= 11 is 0. The van der Waals surface area contributed by atoms with Gasteiger partial charge >= 0.3 is 6.09 Å². The number of para-hydroxylation sites is 1. The second-order valence-electron chi connectivity index (χ2n) is 4.34. The van der Waals surface area contributed by atoms with Crippen LogP contribution in [0.5, 0.6) is 5.75 Å². The van der Waals surface area contributed by atoms with Gasteiger partial charge in [0.05, 0.1) is 0 Å². The van der Waals surface area contributed by atoms with E-state index in [0.717, 1.165) is 30.5 Å². The minimum Gasteiger partial charge on any atom is -0.409 e. The number of carbonyl (C=O) groups excluding carboxylic acids is 1. The van der Waals surface area contributed by atoms with Gasteiger partial charge in [0.1, 0.15) is 5.75 Å². The van der Waals surface area contributed by atoms with E-state index in [-0.39, 0.29) is 0 Å². The van der Waals surface area contributed by atoms with Crippen molar-refractivity contribution in [1.29, 1.82) is 0 Å². The molecule has 0 atom stereocenters. The van der Waals surface area contributed by atoms with Crippen molar-refractivity contribution in [1.82, 2.24) is 15.6 Å². The maximum atomic E-state index is 11.6. The summed E-state index contributed by atoms with van der Waals surface area (Å²) in [6, 6.07) is 8.89. The summed E-state index contributed by atoms with van der Waals surface area (Å²) < 4.78 is 5.08. The number of fused-ring (bicyclic) bond motifs is 1. The Balaban J connectivity index is 1.56. The van der Waals surface area contributed by atoms with Crippen LogP contribution in [0.2, 0.25) is 0 Å². The van der Waals surface area contributed by atoms with Crippen molar-refractivity contribution in [2.24, 2.45) is 0 Å². The lowest BCUT2D eigenvalue weighted by molar-refractivity contribution is 0.203. The molecule has 6 heteroatoms. The van der Waals surface area contributed by atoms with E-state index < -0.39 is 6.09 Å². The average molecular weight is 258 g/mol. The van der Waals surface area contributed by atoms with E-state index in [2.05, 4.69) is 21.0 Å². The van der Waals surface area contributed by atoms with Crippen molar-refractivity contribution in [2.45, 2.75) is 19.3 Å². The second-order valence-corrected chi connectivity index (χ2v) is 4.34. The fourth-order valence-corrected chi connectivity index (χ4v) is 2.15. The molecular weight excluding hydrogens is 244 g/mol. The predicted octanol–water partition coefficient (Wildman–Crippen LogP) is 2.01. The molecule has 0 saturated carbocycles. The maximum Gasteiger partial charge on any atom is 0.431 e. The van der Waals surface area contributed by atoms with Crippen molar-refractivity contribution in [3.8, 4) is 5.75 Å². The van der Waals surface area contributed by atoms with Gasteiger partial charge in [0.15, 0.2) is 5.82 Å². The van der Waals surface area contributed by atoms with Gasteiger partial charge in [-0.2, -0.15) is 5.10 Å². The number of ether oxygens (including phenoxy) is 1. The van der Waals surface area contributed by atoms with E-state index in [9.17, 15) is 4.79 Å². The lowest BCUT2D eigenvalue weighted by Crippen LogP contribution is -2.32. The number of aromatic amines is 1. The number of aromatic nitrogens is 2. The minimum absolute atomic E-state index is 0.494. The van der Waals surface area contributed by atoms with E-state index >= 15 is 0 Å². The number of carbonyl (C=O) groups is 1. The van der Waals surface area contributed by atoms with Crippen LogP contribution >= 0.6 is 0 Å². The lowest BCUT2D eigenvalue weighted by atomic mass is 10.3. The highest BCUT2D eigenvalue weighted by Crippen LogP contribution is 2.25. The Bertz CT molecular complexity index is 580. The summed E-state index contributed by atoms with van der Waals surface area (Å²) in [5.74, 6) is 1.16. The molecule has 3 N–H and O–H groups in total. The Morgan fingerprint density at radius 2 is 2.11 bits per heavy atom. The van der Waals surface area contributed by atoms with Gasteiger partial charge in [-0.3, -0.25) is 10.5 Å². The Morgan fingerprint density at radius 1 is 1.26 bits per heavy atom. The van der Waals surface area contributed by atoms with Gasteiger partial charge in [-0.15, -0.1) is 0 Å². The third kappa shape index (κ3) is 2.52. The van der Waals surface area contributed by atoms with Gasteiger partial charge in [-0.05, 0) is 31.4 Å². The minimum atomic E-state index is -0.569. The van der Waals surface area contributed by atoms with Crippen LogP contribution in [-0.4, -0.2) is 16.3 Å². The summed E-state index contributed by atoms with van der Waals surface area (Å²) in [6.45, 7) is 0. The molecule has 1 heterocycles. The molecule has 1 aliphatic rings. The molecule has 0 fully saturated rings. The van der Waals surface area contributed by atoms with Crippen LogP contribution in [0.25, 0.3) is 0 Å². The molecule has 19 heavy (non-hydrogen) atoms. The van der Waals surface area contributed by atoms with Crippen molar-refractivity contribution in [3.63, 3.8) is 0 Å². The van der Waals surface area contributed by atoms with E-state index in [1.165, 1.54) is 0 Å². The van der Waals surface area contributed by atoms with Crippen LogP contribution in [0, 0.1) is 0 Å². The van der Waals surface area contributed by atoms with Gasteiger partial charge in [0.25, 0.3) is 0 Å². The Morgan fingerprint density at radius 3 is 2.95 bits per heavy atom. The summed E-state index contributed by atoms with van der Waals surface area (Å²) in [7, 11) is 0. The van der Waals surface area contributed by atoms with Gasteiger partial charge in [-0.25, -0.2) is 10.2 Å². The largest absolute Gasteiger partial charge is 0.431 e. The van der Waals surface area contributed by atoms with Crippen LogP contribution in [0.3, 0.4) is 0 Å². The number of aryl methyl sites for hydroxylation is 1. The number of hydrogen-bond donors (Lipinski definition) is 3. The molecule has 98 valence electrons. The molecule has 1 amide bonds. The first-order chi connectivity index (χ1) is 9.33. The number of rotatable bonds is 3. The number of hydrogen-bond acceptors (Lipinski definition) is 4. The Hall–Kier alpha value is -2.50. The van der Waals surface area contributed by atoms with E-state index in [1.807, 2.05) is 6.07 Å². The van der Waals surface area contributed by atoms with Gasteiger partial charge in [0.2, 0.25) is 0 Å².